The van der Waals surface area contributed by atoms with Crippen LogP contribution in [-0.2, 0) is 23.0 Å². The number of benzene rings is 1. The molecule has 0 fully saturated rings. The summed E-state index contributed by atoms with van der Waals surface area (Å²) < 4.78 is 26.2. The zero-order valence-corrected chi connectivity index (χ0v) is 18.3. The van der Waals surface area contributed by atoms with Crippen LogP contribution in [0, 0.1) is 5.92 Å². The summed E-state index contributed by atoms with van der Waals surface area (Å²) in [7, 11) is -3.91. The zero-order chi connectivity index (χ0) is 21.6. The Kier molecular flexibility index (Phi) is 8.17. The number of hydrogen-bond donors (Lipinski definition) is 5. The maximum Gasteiger partial charge on any atom is 0.265 e. The Morgan fingerprint density at radius 2 is 1.97 bits per heavy atom. The molecule has 0 saturated carbocycles. The van der Waals surface area contributed by atoms with Gasteiger partial charge in [0.25, 0.3) is 10.0 Å². The van der Waals surface area contributed by atoms with Crippen molar-refractivity contribution in [2.24, 2.45) is 23.1 Å². The highest BCUT2D eigenvalue weighted by molar-refractivity contribution is 7.91. The topological polar surface area (TPSA) is 149 Å². The van der Waals surface area contributed by atoms with E-state index < -0.39 is 10.0 Å². The molecule has 0 amide bonds. The third-order valence-corrected chi connectivity index (χ3v) is 6.31. The lowest BCUT2D eigenvalue weighted by molar-refractivity contribution is 0.460. The number of hydrogen-bond acceptors (Lipinski definition) is 7. The summed E-state index contributed by atoms with van der Waals surface area (Å²) in [5.41, 5.74) is 19.4. The minimum Gasteiger partial charge on any atom is -0.376 e. The van der Waals surface area contributed by atoms with Gasteiger partial charge >= 0.3 is 0 Å². The number of nitrogens with one attached hydrogen (secondary N) is 2. The lowest BCUT2D eigenvalue weighted by Gasteiger charge is -2.23. The zero-order valence-electron chi connectivity index (χ0n) is 15.9. The van der Waals surface area contributed by atoms with E-state index in [2.05, 4.69) is 22.5 Å². The van der Waals surface area contributed by atoms with Gasteiger partial charge in [0, 0.05) is 25.3 Å². The Labute approximate surface area is 181 Å². The first-order valence-corrected chi connectivity index (χ1v) is 11.1. The molecule has 11 heteroatoms. The highest BCUT2D eigenvalue weighted by atomic mass is 35.5. The summed E-state index contributed by atoms with van der Waals surface area (Å²) in [5, 5.41) is 2.95. The first kappa shape index (κ1) is 23.3. The van der Waals surface area contributed by atoms with Gasteiger partial charge in [0.2, 0.25) is 0 Å². The van der Waals surface area contributed by atoms with E-state index in [0.29, 0.717) is 18.9 Å². The first-order chi connectivity index (χ1) is 13.6. The maximum absolute atomic E-state index is 12.1. The average molecular weight is 457 g/mol. The van der Waals surface area contributed by atoms with Crippen LogP contribution in [0.2, 0.25) is 5.02 Å². The van der Waals surface area contributed by atoms with Crippen molar-refractivity contribution in [3.8, 4) is 0 Å². The predicted octanol–water partition coefficient (Wildman–Crippen LogP) is 1.33. The van der Waals surface area contributed by atoms with Gasteiger partial charge in [0.15, 0.2) is 5.11 Å². The van der Waals surface area contributed by atoms with Crippen molar-refractivity contribution in [3.63, 3.8) is 0 Å². The van der Waals surface area contributed by atoms with Crippen molar-refractivity contribution in [1.82, 2.24) is 9.71 Å². The Bertz CT molecular complexity index is 969. The monoisotopic (exact) mass is 456 g/mol. The van der Waals surface area contributed by atoms with Crippen molar-refractivity contribution in [2.75, 3.05) is 11.9 Å². The second-order valence-corrected chi connectivity index (χ2v) is 9.18. The first-order valence-electron chi connectivity index (χ1n) is 8.88. The summed E-state index contributed by atoms with van der Waals surface area (Å²) in [6, 6.07) is 9.15. The molecule has 8 N–H and O–H groups in total. The maximum atomic E-state index is 12.1. The number of thiocarbonyl (C=S) groups is 1. The number of rotatable bonds is 9. The number of sulfonamides is 1. The highest BCUT2D eigenvalue weighted by Crippen LogP contribution is 2.24. The predicted molar refractivity (Wildman–Crippen MR) is 120 cm³/mol. The van der Waals surface area contributed by atoms with Crippen LogP contribution < -0.4 is 27.2 Å². The minimum atomic E-state index is -3.91. The van der Waals surface area contributed by atoms with Gasteiger partial charge in [0.1, 0.15) is 10.7 Å². The second-order valence-electron chi connectivity index (χ2n) is 6.65. The SMILES string of the molecule is C[C@@H](N)[C@H](CNc1ncc(S(=O)(=O)NC(N)=S)cc1Cl)Cc1ccccc1CN. The molecule has 0 aliphatic carbocycles. The fraction of sp³-hybridized carbons (Fsp3) is 0.333. The number of nitrogens with two attached hydrogens (primary N) is 3. The number of nitrogens with zero attached hydrogens (tertiary/aromatic N) is 1. The lowest BCUT2D eigenvalue weighted by atomic mass is 9.91. The Hall–Kier alpha value is -1.98. The van der Waals surface area contributed by atoms with Crippen LogP contribution >= 0.6 is 23.8 Å². The molecule has 0 aliphatic rings. The summed E-state index contributed by atoms with van der Waals surface area (Å²) in [5.74, 6) is 0.443. The Morgan fingerprint density at radius 1 is 1.31 bits per heavy atom. The van der Waals surface area contributed by atoms with Gasteiger partial charge in [-0.3, -0.25) is 4.72 Å². The van der Waals surface area contributed by atoms with Crippen LogP contribution in [0.1, 0.15) is 18.1 Å². The van der Waals surface area contributed by atoms with Gasteiger partial charge in [-0.25, -0.2) is 13.4 Å². The fourth-order valence-corrected chi connectivity index (χ4v) is 4.27. The lowest BCUT2D eigenvalue weighted by Crippen LogP contribution is -2.35. The summed E-state index contributed by atoms with van der Waals surface area (Å²) in [4.78, 5) is 3.98. The molecule has 1 aromatic heterocycles. The van der Waals surface area contributed by atoms with Crippen molar-refractivity contribution in [3.05, 3.63) is 52.7 Å². The van der Waals surface area contributed by atoms with Gasteiger partial charge in [0.05, 0.1) is 5.02 Å². The molecule has 1 aromatic carbocycles. The molecule has 29 heavy (non-hydrogen) atoms. The summed E-state index contributed by atoms with van der Waals surface area (Å²) in [6.45, 7) is 2.89. The van der Waals surface area contributed by atoms with Crippen molar-refractivity contribution in [2.45, 2.75) is 30.8 Å². The number of aromatic nitrogens is 1. The molecule has 1 heterocycles. The third kappa shape index (κ3) is 6.51. The van der Waals surface area contributed by atoms with E-state index in [1.165, 1.54) is 12.3 Å². The van der Waals surface area contributed by atoms with Crippen LogP contribution in [-0.4, -0.2) is 31.1 Å². The second kappa shape index (κ2) is 10.2. The largest absolute Gasteiger partial charge is 0.376 e. The molecule has 0 radical (unpaired) electrons. The molecule has 158 valence electrons. The number of anilines is 1. The average Bonchev–Trinajstić information content (AvgIpc) is 2.64. The molecular weight excluding hydrogens is 432 g/mol. The summed E-state index contributed by atoms with van der Waals surface area (Å²) >= 11 is 10.8. The fourth-order valence-electron chi connectivity index (χ4n) is 2.80. The number of halogens is 1. The van der Waals surface area contributed by atoms with Crippen LogP contribution in [0.25, 0.3) is 0 Å². The van der Waals surface area contributed by atoms with E-state index in [0.717, 1.165) is 17.5 Å². The molecule has 2 atom stereocenters. The molecule has 0 spiro atoms. The van der Waals surface area contributed by atoms with Gasteiger partial charge in [-0.15, -0.1) is 0 Å². The minimum absolute atomic E-state index is 0.0836. The van der Waals surface area contributed by atoms with Gasteiger partial charge < -0.3 is 22.5 Å². The summed E-state index contributed by atoms with van der Waals surface area (Å²) in [6.07, 6.45) is 1.92. The standard InChI is InChI=1S/C18H25ClN6O2S2/c1-11(21)14(6-12-4-2-3-5-13(12)8-20)9-23-17-16(19)7-15(10-24-17)29(26,27)25-18(22)28/h2-5,7,10-11,14H,6,8-9,20-21H2,1H3,(H,23,24)(H3,22,25,28)/t11-,14+/m1/s1. The van der Waals surface area contributed by atoms with Crippen molar-refractivity contribution < 1.29 is 8.42 Å². The number of pyridine rings is 1. The Morgan fingerprint density at radius 3 is 2.52 bits per heavy atom. The van der Waals surface area contributed by atoms with Crippen molar-refractivity contribution in [1.29, 1.82) is 0 Å². The van der Waals surface area contributed by atoms with Gasteiger partial charge in [-0.1, -0.05) is 35.9 Å². The van der Waals surface area contributed by atoms with Crippen LogP contribution in [0.3, 0.4) is 0 Å². The molecule has 8 nitrogen and oxygen atoms in total. The van der Waals surface area contributed by atoms with E-state index in [-0.39, 0.29) is 27.0 Å². The molecule has 0 aliphatic heterocycles. The van der Waals surface area contributed by atoms with Gasteiger partial charge in [-0.05, 0) is 48.7 Å². The van der Waals surface area contributed by atoms with E-state index in [9.17, 15) is 8.42 Å². The van der Waals surface area contributed by atoms with Crippen molar-refractivity contribution >= 4 is 44.8 Å². The quantitative estimate of drug-likeness (QED) is 0.355. The van der Waals surface area contributed by atoms with Crippen LogP contribution in [0.4, 0.5) is 5.82 Å². The van der Waals surface area contributed by atoms with Crippen LogP contribution in [0.5, 0.6) is 0 Å². The third-order valence-electron chi connectivity index (χ3n) is 4.46. The highest BCUT2D eigenvalue weighted by Gasteiger charge is 2.19. The molecule has 2 rings (SSSR count). The van der Waals surface area contributed by atoms with E-state index in [1.807, 2.05) is 35.9 Å². The molecule has 0 saturated heterocycles. The van der Waals surface area contributed by atoms with Gasteiger partial charge in [-0.2, -0.15) is 0 Å². The molecular formula is C18H25ClN6O2S2. The molecule has 0 bridgehead atoms. The molecule has 0 unspecified atom stereocenters. The molecule has 2 aromatic rings. The van der Waals surface area contributed by atoms with Crippen LogP contribution in [0.15, 0.2) is 41.4 Å². The smallest absolute Gasteiger partial charge is 0.265 e. The van der Waals surface area contributed by atoms with E-state index in [4.69, 9.17) is 28.8 Å². The Balaban J connectivity index is 2.13. The normalized spacial score (nSPS) is 13.5. The van der Waals surface area contributed by atoms with E-state index in [1.54, 1.807) is 0 Å². The van der Waals surface area contributed by atoms with E-state index >= 15 is 0 Å².